The van der Waals surface area contributed by atoms with E-state index in [1.54, 1.807) is 30.3 Å². The van der Waals surface area contributed by atoms with E-state index in [0.717, 1.165) is 5.56 Å². The van der Waals surface area contributed by atoms with Crippen LogP contribution in [0.5, 0.6) is 17.2 Å². The molecule has 128 valence electrons. The molecule has 0 unspecified atom stereocenters. The highest BCUT2D eigenvalue weighted by molar-refractivity contribution is 6.14. The number of allylic oxidation sites excluding steroid dienone is 1. The lowest BCUT2D eigenvalue weighted by Gasteiger charge is -2.12. The summed E-state index contributed by atoms with van der Waals surface area (Å²) in [6.07, 6.45) is 1.49. The number of hydrogen-bond donors (Lipinski definition) is 0. The second kappa shape index (κ2) is 8.02. The molecule has 25 heavy (non-hydrogen) atoms. The Hall–Kier alpha value is -3.26. The molecule has 0 amide bonds. The van der Waals surface area contributed by atoms with Crippen molar-refractivity contribution in [3.63, 3.8) is 0 Å². The molecule has 0 saturated heterocycles. The maximum absolute atomic E-state index is 12.6. The number of ether oxygens (including phenoxy) is 3. The van der Waals surface area contributed by atoms with E-state index < -0.39 is 0 Å². The summed E-state index contributed by atoms with van der Waals surface area (Å²) in [4.78, 5) is 12.6. The van der Waals surface area contributed by atoms with E-state index >= 15 is 0 Å². The molecule has 5 heteroatoms. The van der Waals surface area contributed by atoms with Gasteiger partial charge in [-0.15, -0.1) is 0 Å². The minimum atomic E-state index is -0.344. The maximum atomic E-state index is 12.6. The van der Waals surface area contributed by atoms with Gasteiger partial charge in [-0.3, -0.25) is 4.79 Å². The number of rotatable bonds is 6. The first-order valence-corrected chi connectivity index (χ1v) is 7.57. The molecule has 0 saturated carbocycles. The largest absolute Gasteiger partial charge is 0.496 e. The van der Waals surface area contributed by atoms with Crippen molar-refractivity contribution in [1.29, 1.82) is 5.26 Å². The van der Waals surface area contributed by atoms with Gasteiger partial charge in [-0.25, -0.2) is 0 Å². The SMILES string of the molecule is COc1cc(OC)c(OC)cc1/C=C(\C#N)C(=O)c1cccc(C)c1. The number of ketones is 1. The van der Waals surface area contributed by atoms with Gasteiger partial charge in [0.25, 0.3) is 0 Å². The Labute approximate surface area is 147 Å². The van der Waals surface area contributed by atoms with Crippen LogP contribution in [0.25, 0.3) is 6.08 Å². The van der Waals surface area contributed by atoms with Crippen LogP contribution in [0.4, 0.5) is 0 Å². The summed E-state index contributed by atoms with van der Waals surface area (Å²) in [5.74, 6) is 1.11. The Morgan fingerprint density at radius 2 is 1.64 bits per heavy atom. The van der Waals surface area contributed by atoms with Gasteiger partial charge in [0, 0.05) is 17.2 Å². The number of nitrogens with zero attached hydrogens (tertiary/aromatic N) is 1. The van der Waals surface area contributed by atoms with Gasteiger partial charge in [-0.1, -0.05) is 23.8 Å². The Morgan fingerprint density at radius 1 is 1.00 bits per heavy atom. The van der Waals surface area contributed by atoms with Gasteiger partial charge in [0.05, 0.1) is 21.3 Å². The smallest absolute Gasteiger partial charge is 0.203 e. The Bertz CT molecular complexity index is 862. The van der Waals surface area contributed by atoms with Crippen molar-refractivity contribution in [3.8, 4) is 23.3 Å². The normalized spacial score (nSPS) is 10.8. The van der Waals surface area contributed by atoms with Crippen molar-refractivity contribution in [3.05, 3.63) is 58.7 Å². The fourth-order valence-corrected chi connectivity index (χ4v) is 2.41. The number of Topliss-reactive ketones (excluding diaryl/α,β-unsaturated/α-hetero) is 1. The van der Waals surface area contributed by atoms with Gasteiger partial charge in [0.15, 0.2) is 11.5 Å². The third kappa shape index (κ3) is 3.99. The summed E-state index contributed by atoms with van der Waals surface area (Å²) in [6.45, 7) is 1.89. The van der Waals surface area contributed by atoms with E-state index in [-0.39, 0.29) is 11.4 Å². The van der Waals surface area contributed by atoms with Crippen LogP contribution in [0, 0.1) is 18.3 Å². The van der Waals surface area contributed by atoms with Crippen LogP contribution < -0.4 is 14.2 Å². The van der Waals surface area contributed by atoms with Gasteiger partial charge >= 0.3 is 0 Å². The van der Waals surface area contributed by atoms with Gasteiger partial charge in [0.2, 0.25) is 5.78 Å². The summed E-state index contributed by atoms with van der Waals surface area (Å²) in [6, 6.07) is 12.4. The van der Waals surface area contributed by atoms with Crippen molar-refractivity contribution in [2.45, 2.75) is 6.92 Å². The molecule has 2 aromatic rings. The minimum Gasteiger partial charge on any atom is -0.496 e. The standard InChI is InChI=1S/C20H19NO4/c1-13-6-5-7-14(8-13)20(22)16(12-21)9-15-10-18(24-3)19(25-4)11-17(15)23-2/h5-11H,1-4H3/b16-9+. The molecule has 0 aliphatic carbocycles. The molecule has 0 heterocycles. The molecule has 0 aliphatic heterocycles. The minimum absolute atomic E-state index is 0.0103. The first-order chi connectivity index (χ1) is 12.0. The zero-order valence-electron chi connectivity index (χ0n) is 14.6. The van der Waals surface area contributed by atoms with E-state index in [1.165, 1.54) is 27.4 Å². The first-order valence-electron chi connectivity index (χ1n) is 7.57. The Balaban J connectivity index is 2.52. The molecular formula is C20H19NO4. The topological polar surface area (TPSA) is 68.6 Å². The van der Waals surface area contributed by atoms with Crippen molar-refractivity contribution in [2.24, 2.45) is 0 Å². The van der Waals surface area contributed by atoms with Crippen LogP contribution in [0.15, 0.2) is 42.0 Å². The van der Waals surface area contributed by atoms with Gasteiger partial charge in [0.1, 0.15) is 17.4 Å². The molecule has 0 spiro atoms. The molecule has 0 fully saturated rings. The quantitative estimate of drug-likeness (QED) is 0.455. The van der Waals surface area contributed by atoms with Crippen molar-refractivity contribution >= 4 is 11.9 Å². The predicted molar refractivity (Wildman–Crippen MR) is 95.2 cm³/mol. The van der Waals surface area contributed by atoms with E-state index in [0.29, 0.717) is 28.4 Å². The van der Waals surface area contributed by atoms with Crippen LogP contribution in [-0.4, -0.2) is 27.1 Å². The second-order valence-electron chi connectivity index (χ2n) is 5.32. The number of aryl methyl sites for hydroxylation is 1. The van der Waals surface area contributed by atoms with Crippen molar-refractivity contribution < 1.29 is 19.0 Å². The lowest BCUT2D eigenvalue weighted by Crippen LogP contribution is -2.03. The molecule has 2 aromatic carbocycles. The first kappa shape index (κ1) is 18.1. The molecule has 0 atom stereocenters. The van der Waals surface area contributed by atoms with E-state index in [4.69, 9.17) is 14.2 Å². The maximum Gasteiger partial charge on any atom is 0.203 e. The molecule has 0 aromatic heterocycles. The fourth-order valence-electron chi connectivity index (χ4n) is 2.41. The van der Waals surface area contributed by atoms with Crippen LogP contribution >= 0.6 is 0 Å². The average molecular weight is 337 g/mol. The number of benzene rings is 2. The van der Waals surface area contributed by atoms with Crippen LogP contribution in [0.1, 0.15) is 21.5 Å². The van der Waals surface area contributed by atoms with Crippen LogP contribution in [0.3, 0.4) is 0 Å². The molecule has 0 N–H and O–H groups in total. The van der Waals surface area contributed by atoms with Gasteiger partial charge in [-0.2, -0.15) is 5.26 Å². The summed E-state index contributed by atoms with van der Waals surface area (Å²) in [5.41, 5.74) is 1.98. The molecule has 0 bridgehead atoms. The lowest BCUT2D eigenvalue weighted by atomic mass is 10.00. The monoisotopic (exact) mass is 337 g/mol. The fraction of sp³-hybridized carbons (Fsp3) is 0.200. The van der Waals surface area contributed by atoms with Crippen LogP contribution in [0.2, 0.25) is 0 Å². The lowest BCUT2D eigenvalue weighted by molar-refractivity contribution is 0.104. The summed E-state index contributed by atoms with van der Waals surface area (Å²) < 4.78 is 15.8. The molecule has 5 nitrogen and oxygen atoms in total. The average Bonchev–Trinajstić information content (AvgIpc) is 2.64. The number of nitriles is 1. The van der Waals surface area contributed by atoms with E-state index in [2.05, 4.69) is 0 Å². The van der Waals surface area contributed by atoms with Gasteiger partial charge in [-0.05, 0) is 25.1 Å². The zero-order valence-corrected chi connectivity index (χ0v) is 14.6. The van der Waals surface area contributed by atoms with Gasteiger partial charge < -0.3 is 14.2 Å². The highest BCUT2D eigenvalue weighted by Crippen LogP contribution is 2.35. The third-order valence-electron chi connectivity index (χ3n) is 3.68. The van der Waals surface area contributed by atoms with Crippen LogP contribution in [-0.2, 0) is 0 Å². The molecular weight excluding hydrogens is 318 g/mol. The zero-order chi connectivity index (χ0) is 18.4. The number of carbonyl (C=O) groups is 1. The Morgan fingerprint density at radius 3 is 2.20 bits per heavy atom. The summed E-state index contributed by atoms with van der Waals surface area (Å²) in [5, 5.41) is 9.44. The summed E-state index contributed by atoms with van der Waals surface area (Å²) in [7, 11) is 4.54. The predicted octanol–water partition coefficient (Wildman–Crippen LogP) is 3.81. The third-order valence-corrected chi connectivity index (χ3v) is 3.68. The molecule has 2 rings (SSSR count). The molecule has 0 aliphatic rings. The van der Waals surface area contributed by atoms with E-state index in [1.807, 2.05) is 19.1 Å². The van der Waals surface area contributed by atoms with Crippen molar-refractivity contribution in [2.75, 3.05) is 21.3 Å². The number of hydrogen-bond acceptors (Lipinski definition) is 5. The van der Waals surface area contributed by atoms with Crippen molar-refractivity contribution in [1.82, 2.24) is 0 Å². The number of carbonyl (C=O) groups excluding carboxylic acids is 1. The second-order valence-corrected chi connectivity index (χ2v) is 5.32. The highest BCUT2D eigenvalue weighted by Gasteiger charge is 2.16. The van der Waals surface area contributed by atoms with E-state index in [9.17, 15) is 10.1 Å². The summed E-state index contributed by atoms with van der Waals surface area (Å²) >= 11 is 0. The highest BCUT2D eigenvalue weighted by atomic mass is 16.5. The Kier molecular flexibility index (Phi) is 5.80. The number of methoxy groups -OCH3 is 3. The molecule has 0 radical (unpaired) electrons.